The van der Waals surface area contributed by atoms with Crippen LogP contribution in [-0.4, -0.2) is 97.9 Å². The second kappa shape index (κ2) is 19.4. The minimum Gasteiger partial charge on any atom is -0.489 e. The zero-order valence-corrected chi connectivity index (χ0v) is 32.6. The number of ether oxygens (including phenoxy) is 1. The third-order valence-electron chi connectivity index (χ3n) is 8.26. The van der Waals surface area contributed by atoms with Crippen molar-refractivity contribution in [3.05, 3.63) is 117 Å². The molecule has 0 bridgehead atoms. The Morgan fingerprint density at radius 1 is 0.833 bits per heavy atom. The fraction of sp³-hybridized carbons (Fsp3) is 0.263. The molecule has 6 rings (SSSR count). The molecule has 3 aromatic carbocycles. The number of nitrogens with one attached hydrogen (secondary N) is 1. The van der Waals surface area contributed by atoms with Crippen molar-refractivity contribution >= 4 is 75.9 Å². The summed E-state index contributed by atoms with van der Waals surface area (Å²) in [6.07, 6.45) is 7.17. The number of nitrogens with zero attached hydrogens (tertiary/aromatic N) is 7. The Labute approximate surface area is 333 Å². The minimum atomic E-state index is -0.152. The van der Waals surface area contributed by atoms with Crippen molar-refractivity contribution in [2.75, 3.05) is 51.2 Å². The summed E-state index contributed by atoms with van der Waals surface area (Å²) in [6.45, 7) is 7.07. The highest BCUT2D eigenvalue weighted by Crippen LogP contribution is 2.35. The molecule has 282 valence electrons. The first-order chi connectivity index (χ1) is 26.0. The molecule has 1 aliphatic heterocycles. The zero-order chi connectivity index (χ0) is 38.6. The Morgan fingerprint density at radius 3 is 2.11 bits per heavy atom. The van der Waals surface area contributed by atoms with Gasteiger partial charge in [0.25, 0.3) is 5.91 Å². The van der Waals surface area contributed by atoms with Crippen LogP contribution in [0, 0.1) is 0 Å². The lowest BCUT2D eigenvalue weighted by molar-refractivity contribution is -0.130. The summed E-state index contributed by atoms with van der Waals surface area (Å²) in [4.78, 5) is 54.4. The molecule has 1 aliphatic rings. The largest absolute Gasteiger partial charge is 0.489 e. The average molecular weight is 813 g/mol. The van der Waals surface area contributed by atoms with Crippen molar-refractivity contribution in [1.82, 2.24) is 34.2 Å². The molecule has 12 nitrogen and oxygen atoms in total. The molecule has 2 aromatic heterocycles. The Morgan fingerprint density at radius 2 is 1.50 bits per heavy atom. The summed E-state index contributed by atoms with van der Waals surface area (Å²) >= 11 is 24.0. The number of hydrogen-bond donors (Lipinski definition) is 1. The van der Waals surface area contributed by atoms with Crippen molar-refractivity contribution in [2.24, 2.45) is 0 Å². The van der Waals surface area contributed by atoms with Crippen LogP contribution in [-0.2, 0) is 4.79 Å². The molecule has 54 heavy (non-hydrogen) atoms. The predicted octanol–water partition coefficient (Wildman–Crippen LogP) is 8.45. The van der Waals surface area contributed by atoms with Gasteiger partial charge in [-0.25, -0.2) is 19.7 Å². The first-order valence-electron chi connectivity index (χ1n) is 17.1. The van der Waals surface area contributed by atoms with Crippen molar-refractivity contribution < 1.29 is 19.1 Å². The molecule has 3 amide bonds. The van der Waals surface area contributed by atoms with Crippen LogP contribution in [0.1, 0.15) is 30.6 Å². The van der Waals surface area contributed by atoms with Crippen LogP contribution in [0.3, 0.4) is 0 Å². The van der Waals surface area contributed by atoms with Gasteiger partial charge in [-0.15, -0.1) is 0 Å². The van der Waals surface area contributed by atoms with E-state index in [4.69, 9.17) is 51.1 Å². The molecular weight excluding hydrogens is 774 g/mol. The second-order valence-electron chi connectivity index (χ2n) is 12.1. The first-order valence-corrected chi connectivity index (χ1v) is 18.6. The number of imidazole rings is 1. The Bertz CT molecular complexity index is 2000. The lowest BCUT2D eigenvalue weighted by atomic mass is 10.1. The Balaban J connectivity index is 0.000000218. The molecule has 0 aliphatic carbocycles. The van der Waals surface area contributed by atoms with E-state index in [-0.39, 0.29) is 24.5 Å². The van der Waals surface area contributed by atoms with E-state index in [1.807, 2.05) is 49.4 Å². The molecule has 3 heterocycles. The van der Waals surface area contributed by atoms with Crippen molar-refractivity contribution in [1.29, 1.82) is 0 Å². The maximum absolute atomic E-state index is 12.7. The van der Waals surface area contributed by atoms with Gasteiger partial charge in [0.05, 0.1) is 22.3 Å². The monoisotopic (exact) mass is 810 g/mol. The summed E-state index contributed by atoms with van der Waals surface area (Å²) in [7, 11) is 0. The molecule has 16 heteroatoms. The van der Waals surface area contributed by atoms with Crippen molar-refractivity contribution in [3.63, 3.8) is 0 Å². The zero-order valence-electron chi connectivity index (χ0n) is 29.6. The quantitative estimate of drug-likeness (QED) is 0.149. The molecule has 1 saturated heterocycles. The number of hydrogen-bond acceptors (Lipinski definition) is 8. The second-order valence-corrected chi connectivity index (χ2v) is 13.7. The molecule has 0 atom stereocenters. The number of amides is 3. The minimum absolute atomic E-state index is 0.0317. The van der Waals surface area contributed by atoms with Crippen LogP contribution in [0.25, 0.3) is 11.3 Å². The first kappa shape index (κ1) is 40.3. The Hall–Kier alpha value is -4.88. The predicted molar refractivity (Wildman–Crippen MR) is 212 cm³/mol. The fourth-order valence-electron chi connectivity index (χ4n) is 5.47. The number of carbonyl (C=O) groups excluding carboxylic acids is 3. The number of carbonyl (C=O) groups is 3. The van der Waals surface area contributed by atoms with Gasteiger partial charge in [0.15, 0.2) is 5.75 Å². The highest BCUT2D eigenvalue weighted by atomic mass is 35.5. The molecule has 0 saturated carbocycles. The number of halogens is 4. The summed E-state index contributed by atoms with van der Waals surface area (Å²) in [6, 6.07) is 19.5. The molecule has 1 N–H and O–H groups in total. The SMILES string of the molecule is CC(=O)N1CCN(C(=O)c2ccc(Nc3nccc(-c4ccc(Cl)cc4)n3)cc2)CC1.CCCN(CCOc1c(Cl)cc(Cl)cc1Cl)C(=O)n1ccnc1. The van der Waals surface area contributed by atoms with E-state index in [9.17, 15) is 14.4 Å². The lowest BCUT2D eigenvalue weighted by Gasteiger charge is -2.34. The van der Waals surface area contributed by atoms with Crippen molar-refractivity contribution in [2.45, 2.75) is 20.3 Å². The number of benzene rings is 3. The van der Waals surface area contributed by atoms with E-state index in [2.05, 4.69) is 20.3 Å². The molecule has 0 unspecified atom stereocenters. The number of anilines is 2. The van der Waals surface area contributed by atoms with E-state index in [1.165, 1.54) is 10.9 Å². The van der Waals surface area contributed by atoms with Gasteiger partial charge in [-0.1, -0.05) is 65.5 Å². The average Bonchev–Trinajstić information content (AvgIpc) is 3.71. The van der Waals surface area contributed by atoms with Gasteiger partial charge in [-0.05, 0) is 61.0 Å². The van der Waals surface area contributed by atoms with Crippen LogP contribution in [0.15, 0.2) is 91.6 Å². The maximum atomic E-state index is 12.7. The summed E-state index contributed by atoms with van der Waals surface area (Å²) in [5.41, 5.74) is 3.12. The normalized spacial score (nSPS) is 12.4. The molecule has 5 aromatic rings. The third-order valence-corrected chi connectivity index (χ3v) is 9.29. The van der Waals surface area contributed by atoms with E-state index < -0.39 is 0 Å². The standard InChI is InChI=1S/C23H22ClN5O2.C15H16Cl3N3O2/c1-16(30)28-12-14-29(15-13-28)22(31)18-4-8-20(9-5-18)26-23-25-11-10-21(27-23)17-2-6-19(24)7-3-17;1-2-4-20(15(22)21-5-3-19-10-21)6-7-23-14-12(17)8-11(16)9-13(14)18/h2-11H,12-15H2,1H3,(H,25,26,27);3,5,8-10H,2,4,6-7H2,1H3. The highest BCUT2D eigenvalue weighted by molar-refractivity contribution is 6.40. The smallest absolute Gasteiger partial charge is 0.329 e. The van der Waals surface area contributed by atoms with E-state index >= 15 is 0 Å². The van der Waals surface area contributed by atoms with Crippen molar-refractivity contribution in [3.8, 4) is 17.0 Å². The number of rotatable bonds is 10. The Kier molecular flexibility index (Phi) is 14.5. The van der Waals surface area contributed by atoms with Crippen LogP contribution in [0.4, 0.5) is 16.4 Å². The topological polar surface area (TPSA) is 126 Å². The van der Waals surface area contributed by atoms with Gasteiger partial charge in [-0.2, -0.15) is 0 Å². The lowest BCUT2D eigenvalue weighted by Crippen LogP contribution is -2.50. The van der Waals surface area contributed by atoms with Gasteiger partial charge in [-0.3, -0.25) is 14.2 Å². The van der Waals surface area contributed by atoms with E-state index in [0.29, 0.717) is 76.6 Å². The van der Waals surface area contributed by atoms with E-state index in [0.717, 1.165) is 23.4 Å². The number of piperazine rings is 1. The summed E-state index contributed by atoms with van der Waals surface area (Å²) in [5.74, 6) is 0.844. The third kappa shape index (κ3) is 11.1. The summed E-state index contributed by atoms with van der Waals surface area (Å²) < 4.78 is 7.05. The molecule has 0 radical (unpaired) electrons. The van der Waals surface area contributed by atoms with Crippen LogP contribution in [0.5, 0.6) is 5.75 Å². The fourth-order valence-corrected chi connectivity index (χ4v) is 6.52. The van der Waals surface area contributed by atoms with Gasteiger partial charge in [0, 0.05) is 85.1 Å². The van der Waals surface area contributed by atoms with Gasteiger partial charge in [0.2, 0.25) is 11.9 Å². The van der Waals surface area contributed by atoms with Gasteiger partial charge >= 0.3 is 6.03 Å². The van der Waals surface area contributed by atoms with Crippen LogP contribution >= 0.6 is 46.4 Å². The van der Waals surface area contributed by atoms with Gasteiger partial charge in [0.1, 0.15) is 12.9 Å². The highest BCUT2D eigenvalue weighted by Gasteiger charge is 2.23. The van der Waals surface area contributed by atoms with Crippen LogP contribution in [0.2, 0.25) is 20.1 Å². The molecule has 1 fully saturated rings. The van der Waals surface area contributed by atoms with Crippen LogP contribution < -0.4 is 10.1 Å². The maximum Gasteiger partial charge on any atom is 0.329 e. The number of aromatic nitrogens is 4. The van der Waals surface area contributed by atoms with Gasteiger partial charge < -0.3 is 24.8 Å². The summed E-state index contributed by atoms with van der Waals surface area (Å²) in [5, 5.41) is 4.96. The van der Waals surface area contributed by atoms with E-state index in [1.54, 1.807) is 64.5 Å². The molecule has 0 spiro atoms. The molecular formula is C38H38Cl4N8O4.